The van der Waals surface area contributed by atoms with Crippen LogP contribution in [0.25, 0.3) is 0 Å². The summed E-state index contributed by atoms with van der Waals surface area (Å²) in [6.07, 6.45) is 0. The molecular weight excluding hydrogens is 196 g/mol. The molecule has 0 aliphatic carbocycles. The van der Waals surface area contributed by atoms with Gasteiger partial charge in [0.05, 0.1) is 0 Å². The second-order valence-electron chi connectivity index (χ2n) is 3.55. The summed E-state index contributed by atoms with van der Waals surface area (Å²) in [5, 5.41) is 17.7. The number of nitrogens with zero attached hydrogens (tertiary/aromatic N) is 1. The third kappa shape index (κ3) is 3.30. The van der Waals surface area contributed by atoms with Crippen LogP contribution in [-0.2, 0) is 6.54 Å². The Balaban J connectivity index is 2.83. The predicted octanol–water partition coefficient (Wildman–Crippen LogP) is -0.0428. The molecule has 0 heterocycles. The van der Waals surface area contributed by atoms with Gasteiger partial charge < -0.3 is 14.9 Å². The van der Waals surface area contributed by atoms with Gasteiger partial charge in [-0.3, -0.25) is 0 Å². The lowest BCUT2D eigenvalue weighted by molar-refractivity contribution is 0.339. The normalized spacial score (nSPS) is 10.8. The summed E-state index contributed by atoms with van der Waals surface area (Å²) < 4.78 is 13.5. The van der Waals surface area contributed by atoms with Gasteiger partial charge in [0.2, 0.25) is 0 Å². The maximum Gasteiger partial charge on any atom is 0.488 e. The first kappa shape index (κ1) is 12.2. The topological polar surface area (TPSA) is 43.7 Å². The van der Waals surface area contributed by atoms with E-state index in [1.165, 1.54) is 6.07 Å². The standard InChI is InChI=1S/C10H15BFNO2/c1-3-13(2)7-8-4-5-9(11(14)15)6-10(8)12/h4-6,14-15H,3,7H2,1-2H3. The van der Waals surface area contributed by atoms with Crippen LogP contribution in [0.3, 0.4) is 0 Å². The Morgan fingerprint density at radius 1 is 1.40 bits per heavy atom. The van der Waals surface area contributed by atoms with E-state index in [-0.39, 0.29) is 5.46 Å². The van der Waals surface area contributed by atoms with Crippen molar-refractivity contribution in [2.75, 3.05) is 13.6 Å². The molecule has 0 amide bonds. The molecule has 1 aromatic carbocycles. The Hall–Kier alpha value is -0.905. The van der Waals surface area contributed by atoms with E-state index in [1.54, 1.807) is 6.07 Å². The fraction of sp³-hybridized carbons (Fsp3) is 0.400. The molecule has 0 fully saturated rings. The Morgan fingerprint density at radius 2 is 2.07 bits per heavy atom. The molecule has 0 aromatic heterocycles. The minimum Gasteiger partial charge on any atom is -0.423 e. The number of halogens is 1. The lowest BCUT2D eigenvalue weighted by atomic mass is 9.80. The highest BCUT2D eigenvalue weighted by atomic mass is 19.1. The van der Waals surface area contributed by atoms with Crippen LogP contribution >= 0.6 is 0 Å². The molecule has 82 valence electrons. The first-order valence-corrected chi connectivity index (χ1v) is 4.87. The molecule has 3 nitrogen and oxygen atoms in total. The second-order valence-corrected chi connectivity index (χ2v) is 3.55. The minimum atomic E-state index is -1.61. The predicted molar refractivity (Wildman–Crippen MR) is 58.2 cm³/mol. The fourth-order valence-corrected chi connectivity index (χ4v) is 1.25. The number of rotatable bonds is 4. The Bertz CT molecular complexity index is 333. The van der Waals surface area contributed by atoms with Gasteiger partial charge in [-0.2, -0.15) is 0 Å². The number of hydrogen-bond acceptors (Lipinski definition) is 3. The minimum absolute atomic E-state index is 0.176. The molecule has 0 unspecified atom stereocenters. The summed E-state index contributed by atoms with van der Waals surface area (Å²) in [5.74, 6) is -0.402. The van der Waals surface area contributed by atoms with Crippen LogP contribution < -0.4 is 5.46 Å². The van der Waals surface area contributed by atoms with Gasteiger partial charge in [-0.15, -0.1) is 0 Å². The molecular formula is C10H15BFNO2. The van der Waals surface area contributed by atoms with E-state index >= 15 is 0 Å². The van der Waals surface area contributed by atoms with Crippen molar-refractivity contribution in [1.82, 2.24) is 4.90 Å². The van der Waals surface area contributed by atoms with Crippen molar-refractivity contribution >= 4 is 12.6 Å². The quantitative estimate of drug-likeness (QED) is 0.686. The molecule has 1 rings (SSSR count). The zero-order valence-corrected chi connectivity index (χ0v) is 8.94. The van der Waals surface area contributed by atoms with Gasteiger partial charge in [0, 0.05) is 12.1 Å². The number of benzene rings is 1. The van der Waals surface area contributed by atoms with Gasteiger partial charge in [0.1, 0.15) is 5.82 Å². The van der Waals surface area contributed by atoms with Crippen molar-refractivity contribution in [3.05, 3.63) is 29.6 Å². The molecule has 0 saturated carbocycles. The van der Waals surface area contributed by atoms with Gasteiger partial charge in [-0.25, -0.2) is 4.39 Å². The van der Waals surface area contributed by atoms with E-state index in [0.29, 0.717) is 12.1 Å². The number of hydrogen-bond donors (Lipinski definition) is 2. The van der Waals surface area contributed by atoms with Crippen LogP contribution in [0.15, 0.2) is 18.2 Å². The van der Waals surface area contributed by atoms with Crippen molar-refractivity contribution in [2.45, 2.75) is 13.5 Å². The Labute approximate surface area is 89.3 Å². The second kappa shape index (κ2) is 5.25. The molecule has 0 aliphatic rings. The first-order chi connectivity index (χ1) is 7.04. The lowest BCUT2D eigenvalue weighted by Gasteiger charge is -2.14. The zero-order chi connectivity index (χ0) is 11.4. The van der Waals surface area contributed by atoms with Crippen LogP contribution in [0.1, 0.15) is 12.5 Å². The van der Waals surface area contributed by atoms with E-state index in [9.17, 15) is 4.39 Å². The third-order valence-corrected chi connectivity index (χ3v) is 2.36. The average Bonchev–Trinajstić information content (AvgIpc) is 2.20. The van der Waals surface area contributed by atoms with E-state index in [4.69, 9.17) is 10.0 Å². The SMILES string of the molecule is CCN(C)Cc1ccc(B(O)O)cc1F. The summed E-state index contributed by atoms with van der Waals surface area (Å²) in [5.41, 5.74) is 0.735. The lowest BCUT2D eigenvalue weighted by Crippen LogP contribution is -2.30. The van der Waals surface area contributed by atoms with Gasteiger partial charge in [0.15, 0.2) is 0 Å². The molecule has 5 heteroatoms. The van der Waals surface area contributed by atoms with Crippen molar-refractivity contribution in [2.24, 2.45) is 0 Å². The van der Waals surface area contributed by atoms with Gasteiger partial charge in [-0.1, -0.05) is 19.1 Å². The monoisotopic (exact) mass is 211 g/mol. The first-order valence-electron chi connectivity index (χ1n) is 4.87. The summed E-state index contributed by atoms with van der Waals surface area (Å²) in [7, 11) is 0.284. The van der Waals surface area contributed by atoms with Crippen LogP contribution in [0.2, 0.25) is 0 Å². The molecule has 15 heavy (non-hydrogen) atoms. The highest BCUT2D eigenvalue weighted by Crippen LogP contribution is 2.07. The molecule has 1 aromatic rings. The smallest absolute Gasteiger partial charge is 0.423 e. The van der Waals surface area contributed by atoms with Crippen molar-refractivity contribution in [3.63, 3.8) is 0 Å². The molecule has 0 atom stereocenters. The molecule has 0 radical (unpaired) electrons. The maximum absolute atomic E-state index is 13.5. The largest absolute Gasteiger partial charge is 0.488 e. The molecule has 2 N–H and O–H groups in total. The Morgan fingerprint density at radius 3 is 2.53 bits per heavy atom. The van der Waals surface area contributed by atoms with Gasteiger partial charge in [0.25, 0.3) is 0 Å². The van der Waals surface area contributed by atoms with E-state index < -0.39 is 12.9 Å². The Kier molecular flexibility index (Phi) is 4.26. The molecule has 0 saturated heterocycles. The van der Waals surface area contributed by atoms with Crippen molar-refractivity contribution < 1.29 is 14.4 Å². The summed E-state index contributed by atoms with van der Waals surface area (Å²) in [6.45, 7) is 3.34. The van der Waals surface area contributed by atoms with Crippen LogP contribution in [0.5, 0.6) is 0 Å². The maximum atomic E-state index is 13.5. The highest BCUT2D eigenvalue weighted by molar-refractivity contribution is 6.58. The van der Waals surface area contributed by atoms with Gasteiger partial charge >= 0.3 is 7.12 Å². The summed E-state index contributed by atoms with van der Waals surface area (Å²) in [6, 6.07) is 4.26. The third-order valence-electron chi connectivity index (χ3n) is 2.36. The summed E-state index contributed by atoms with van der Waals surface area (Å²) >= 11 is 0. The summed E-state index contributed by atoms with van der Waals surface area (Å²) in [4.78, 5) is 1.97. The van der Waals surface area contributed by atoms with Crippen LogP contribution in [0, 0.1) is 5.82 Å². The van der Waals surface area contributed by atoms with Gasteiger partial charge in [-0.05, 0) is 25.1 Å². The van der Waals surface area contributed by atoms with E-state index in [1.807, 2.05) is 18.9 Å². The van der Waals surface area contributed by atoms with Crippen LogP contribution in [-0.4, -0.2) is 35.7 Å². The highest BCUT2D eigenvalue weighted by Gasteiger charge is 2.13. The van der Waals surface area contributed by atoms with Crippen molar-refractivity contribution in [1.29, 1.82) is 0 Å². The van der Waals surface area contributed by atoms with Crippen LogP contribution in [0.4, 0.5) is 4.39 Å². The molecule has 0 bridgehead atoms. The van der Waals surface area contributed by atoms with E-state index in [0.717, 1.165) is 12.6 Å². The van der Waals surface area contributed by atoms with Crippen molar-refractivity contribution in [3.8, 4) is 0 Å². The van der Waals surface area contributed by atoms with E-state index in [2.05, 4.69) is 0 Å². The molecule has 0 spiro atoms. The average molecular weight is 211 g/mol. The zero-order valence-electron chi connectivity index (χ0n) is 8.94. The fourth-order valence-electron chi connectivity index (χ4n) is 1.25. The molecule has 0 aliphatic heterocycles.